The highest BCUT2D eigenvalue weighted by molar-refractivity contribution is 5.18. The topological polar surface area (TPSA) is 21.1 Å². The summed E-state index contributed by atoms with van der Waals surface area (Å²) >= 11 is 0. The maximum absolute atomic E-state index is 4.37. The molecule has 0 bridgehead atoms. The Hall–Kier alpha value is -1.61. The molecule has 0 unspecified atom stereocenters. The Kier molecular flexibility index (Phi) is 5.36. The summed E-state index contributed by atoms with van der Waals surface area (Å²) in [4.78, 5) is 6.78. The van der Waals surface area contributed by atoms with Gasteiger partial charge in [0.25, 0.3) is 0 Å². The predicted octanol–water partition coefficient (Wildman–Crippen LogP) is 3.09. The third-order valence-corrected chi connectivity index (χ3v) is 3.82. The SMILES string of the molecule is C[C@H](CN(C)CCCc1nccn1C)c1ccccc1. The molecule has 3 heteroatoms. The van der Waals surface area contributed by atoms with Gasteiger partial charge in [0, 0.05) is 32.4 Å². The van der Waals surface area contributed by atoms with E-state index in [1.807, 2.05) is 12.4 Å². The molecule has 0 radical (unpaired) electrons. The number of likely N-dealkylation sites (N-methyl/N-ethyl adjacent to an activating group) is 1. The van der Waals surface area contributed by atoms with Crippen LogP contribution in [-0.4, -0.2) is 34.6 Å². The summed E-state index contributed by atoms with van der Waals surface area (Å²) in [5.74, 6) is 1.75. The number of benzene rings is 1. The van der Waals surface area contributed by atoms with Gasteiger partial charge in [-0.3, -0.25) is 0 Å². The van der Waals surface area contributed by atoms with Crippen LogP contribution in [0.3, 0.4) is 0 Å². The van der Waals surface area contributed by atoms with Crippen LogP contribution in [-0.2, 0) is 13.5 Å². The summed E-state index contributed by atoms with van der Waals surface area (Å²) in [6.07, 6.45) is 6.09. The molecule has 1 aromatic heterocycles. The maximum atomic E-state index is 4.37. The van der Waals surface area contributed by atoms with Crippen molar-refractivity contribution in [2.75, 3.05) is 20.1 Å². The average Bonchev–Trinajstić information content (AvgIpc) is 2.85. The molecule has 0 fully saturated rings. The normalized spacial score (nSPS) is 12.8. The van der Waals surface area contributed by atoms with E-state index >= 15 is 0 Å². The molecule has 0 aliphatic rings. The Balaban J connectivity index is 1.73. The summed E-state index contributed by atoms with van der Waals surface area (Å²) in [6.45, 7) is 4.51. The fourth-order valence-electron chi connectivity index (χ4n) is 2.59. The van der Waals surface area contributed by atoms with Crippen molar-refractivity contribution in [3.63, 3.8) is 0 Å². The minimum atomic E-state index is 0.578. The number of imidazole rings is 1. The van der Waals surface area contributed by atoms with Crippen molar-refractivity contribution in [2.45, 2.75) is 25.7 Å². The average molecular weight is 271 g/mol. The maximum Gasteiger partial charge on any atom is 0.108 e. The van der Waals surface area contributed by atoms with Crippen LogP contribution in [0.5, 0.6) is 0 Å². The second-order valence-electron chi connectivity index (χ2n) is 5.63. The summed E-state index contributed by atoms with van der Waals surface area (Å²) in [7, 11) is 4.27. The summed E-state index contributed by atoms with van der Waals surface area (Å²) in [6, 6.07) is 10.7. The van der Waals surface area contributed by atoms with E-state index in [1.165, 1.54) is 11.4 Å². The Bertz CT molecular complexity index is 504. The van der Waals surface area contributed by atoms with Crippen LogP contribution in [0.15, 0.2) is 42.7 Å². The van der Waals surface area contributed by atoms with E-state index in [0.29, 0.717) is 5.92 Å². The molecule has 20 heavy (non-hydrogen) atoms. The molecule has 0 spiro atoms. The molecule has 0 N–H and O–H groups in total. The monoisotopic (exact) mass is 271 g/mol. The molecular weight excluding hydrogens is 246 g/mol. The first kappa shape index (κ1) is 14.8. The number of rotatable bonds is 7. The largest absolute Gasteiger partial charge is 0.338 e. The van der Waals surface area contributed by atoms with Gasteiger partial charge in [0.15, 0.2) is 0 Å². The molecule has 0 amide bonds. The van der Waals surface area contributed by atoms with Crippen LogP contribution in [0.25, 0.3) is 0 Å². The first-order valence-electron chi connectivity index (χ1n) is 7.36. The molecule has 0 saturated carbocycles. The third-order valence-electron chi connectivity index (χ3n) is 3.82. The van der Waals surface area contributed by atoms with Crippen LogP contribution >= 0.6 is 0 Å². The third kappa shape index (κ3) is 4.20. The molecule has 3 nitrogen and oxygen atoms in total. The van der Waals surface area contributed by atoms with Gasteiger partial charge in [-0.05, 0) is 31.5 Å². The molecule has 0 saturated heterocycles. The lowest BCUT2D eigenvalue weighted by molar-refractivity contribution is 0.312. The van der Waals surface area contributed by atoms with Gasteiger partial charge in [-0.1, -0.05) is 37.3 Å². The van der Waals surface area contributed by atoms with Crippen LogP contribution in [0, 0.1) is 0 Å². The smallest absolute Gasteiger partial charge is 0.108 e. The molecule has 2 rings (SSSR count). The van der Waals surface area contributed by atoms with E-state index in [2.05, 4.69) is 65.8 Å². The second kappa shape index (κ2) is 7.25. The van der Waals surface area contributed by atoms with Crippen LogP contribution in [0.1, 0.15) is 30.7 Å². The lowest BCUT2D eigenvalue weighted by atomic mass is 10.0. The fraction of sp³-hybridized carbons (Fsp3) is 0.471. The first-order chi connectivity index (χ1) is 9.66. The van der Waals surface area contributed by atoms with E-state index in [0.717, 1.165) is 25.9 Å². The number of hydrogen-bond acceptors (Lipinski definition) is 2. The first-order valence-corrected chi connectivity index (χ1v) is 7.36. The number of aromatic nitrogens is 2. The standard InChI is InChI=1S/C17H25N3/c1-15(16-8-5-4-6-9-16)14-19(2)12-7-10-17-18-11-13-20(17)3/h4-6,8-9,11,13,15H,7,10,12,14H2,1-3H3/t15-/m1/s1. The van der Waals surface area contributed by atoms with Crippen molar-refractivity contribution in [3.05, 3.63) is 54.1 Å². The quantitative estimate of drug-likeness (QED) is 0.771. The minimum Gasteiger partial charge on any atom is -0.338 e. The van der Waals surface area contributed by atoms with Gasteiger partial charge in [-0.15, -0.1) is 0 Å². The highest BCUT2D eigenvalue weighted by Crippen LogP contribution is 2.15. The highest BCUT2D eigenvalue weighted by atomic mass is 15.1. The van der Waals surface area contributed by atoms with Gasteiger partial charge in [-0.2, -0.15) is 0 Å². The molecule has 0 aliphatic heterocycles. The molecule has 1 aromatic carbocycles. The van der Waals surface area contributed by atoms with E-state index in [1.54, 1.807) is 0 Å². The van der Waals surface area contributed by atoms with Crippen molar-refractivity contribution >= 4 is 0 Å². The van der Waals surface area contributed by atoms with Gasteiger partial charge >= 0.3 is 0 Å². The lowest BCUT2D eigenvalue weighted by Crippen LogP contribution is -2.25. The molecule has 108 valence electrons. The molecule has 2 aromatic rings. The zero-order chi connectivity index (χ0) is 14.4. The van der Waals surface area contributed by atoms with Crippen LogP contribution in [0.4, 0.5) is 0 Å². The van der Waals surface area contributed by atoms with E-state index in [9.17, 15) is 0 Å². The Labute approximate surface area is 122 Å². The van der Waals surface area contributed by atoms with Gasteiger partial charge in [0.2, 0.25) is 0 Å². The van der Waals surface area contributed by atoms with Gasteiger partial charge < -0.3 is 9.47 Å². The van der Waals surface area contributed by atoms with Gasteiger partial charge in [0.1, 0.15) is 5.82 Å². The van der Waals surface area contributed by atoms with Crippen LogP contribution < -0.4 is 0 Å². The van der Waals surface area contributed by atoms with Crippen LogP contribution in [0.2, 0.25) is 0 Å². The summed E-state index contributed by atoms with van der Waals surface area (Å²) in [5.41, 5.74) is 1.42. The Morgan fingerprint density at radius 3 is 2.65 bits per heavy atom. The minimum absolute atomic E-state index is 0.578. The lowest BCUT2D eigenvalue weighted by Gasteiger charge is -2.21. The highest BCUT2D eigenvalue weighted by Gasteiger charge is 2.08. The van der Waals surface area contributed by atoms with Crippen molar-refractivity contribution in [2.24, 2.45) is 7.05 Å². The summed E-state index contributed by atoms with van der Waals surface area (Å²) < 4.78 is 2.10. The Morgan fingerprint density at radius 1 is 1.25 bits per heavy atom. The summed E-state index contributed by atoms with van der Waals surface area (Å²) in [5, 5.41) is 0. The van der Waals surface area contributed by atoms with E-state index < -0.39 is 0 Å². The zero-order valence-corrected chi connectivity index (χ0v) is 12.8. The Morgan fingerprint density at radius 2 is 2.00 bits per heavy atom. The fourth-order valence-corrected chi connectivity index (χ4v) is 2.59. The van der Waals surface area contributed by atoms with E-state index in [4.69, 9.17) is 0 Å². The van der Waals surface area contributed by atoms with Crippen molar-refractivity contribution in [1.29, 1.82) is 0 Å². The van der Waals surface area contributed by atoms with E-state index in [-0.39, 0.29) is 0 Å². The van der Waals surface area contributed by atoms with Gasteiger partial charge in [0.05, 0.1) is 0 Å². The van der Waals surface area contributed by atoms with Crippen molar-refractivity contribution in [3.8, 4) is 0 Å². The number of nitrogens with zero attached hydrogens (tertiary/aromatic N) is 3. The van der Waals surface area contributed by atoms with Crippen molar-refractivity contribution < 1.29 is 0 Å². The molecular formula is C17H25N3. The number of hydrogen-bond donors (Lipinski definition) is 0. The molecule has 0 aliphatic carbocycles. The van der Waals surface area contributed by atoms with Crippen molar-refractivity contribution in [1.82, 2.24) is 14.5 Å². The van der Waals surface area contributed by atoms with Gasteiger partial charge in [-0.25, -0.2) is 4.98 Å². The number of aryl methyl sites for hydroxylation is 2. The molecule has 1 heterocycles. The second-order valence-corrected chi connectivity index (χ2v) is 5.63. The molecule has 1 atom stereocenters. The zero-order valence-electron chi connectivity index (χ0n) is 12.8. The predicted molar refractivity (Wildman–Crippen MR) is 83.9 cm³/mol.